The van der Waals surface area contributed by atoms with Crippen LogP contribution < -0.4 is 14.9 Å². The van der Waals surface area contributed by atoms with E-state index in [1.165, 1.54) is 23.9 Å². The number of fused-ring (bicyclic) bond motifs is 1. The van der Waals surface area contributed by atoms with Gasteiger partial charge in [0.1, 0.15) is 11.5 Å². The molecule has 0 aliphatic carbocycles. The Hall–Kier alpha value is -2.61. The van der Waals surface area contributed by atoms with Crippen molar-refractivity contribution in [1.29, 1.82) is 0 Å². The fraction of sp³-hybridized carbons (Fsp3) is 0.222. The van der Waals surface area contributed by atoms with Crippen LogP contribution in [0.25, 0.3) is 0 Å². The summed E-state index contributed by atoms with van der Waals surface area (Å²) in [6, 6.07) is 8.98. The lowest BCUT2D eigenvalue weighted by Gasteiger charge is -2.16. The zero-order valence-corrected chi connectivity index (χ0v) is 14.5. The van der Waals surface area contributed by atoms with Crippen LogP contribution in [0.3, 0.4) is 0 Å². The highest BCUT2D eigenvalue weighted by atomic mass is 32.2. The van der Waals surface area contributed by atoms with Crippen molar-refractivity contribution in [2.24, 2.45) is 10.1 Å². The minimum Gasteiger partial charge on any atom is -0.490 e. The zero-order valence-electron chi connectivity index (χ0n) is 13.7. The molecular formula is C18H15F2N3O2S. The number of hydrazone groups is 1. The fourth-order valence-corrected chi connectivity index (χ4v) is 3.32. The van der Waals surface area contributed by atoms with Crippen LogP contribution in [-0.4, -0.2) is 29.8 Å². The van der Waals surface area contributed by atoms with Gasteiger partial charge >= 0.3 is 0 Å². The summed E-state index contributed by atoms with van der Waals surface area (Å²) in [5.41, 5.74) is 4.63. The third-order valence-corrected chi connectivity index (χ3v) is 4.72. The summed E-state index contributed by atoms with van der Waals surface area (Å²) in [4.78, 5) is 4.14. The molecule has 0 unspecified atom stereocenters. The number of nitrogens with one attached hydrogen (secondary N) is 1. The van der Waals surface area contributed by atoms with Crippen molar-refractivity contribution < 1.29 is 18.3 Å². The molecule has 2 heterocycles. The highest BCUT2D eigenvalue weighted by Crippen LogP contribution is 2.31. The van der Waals surface area contributed by atoms with E-state index in [9.17, 15) is 8.78 Å². The van der Waals surface area contributed by atoms with Gasteiger partial charge in [0.05, 0.1) is 18.9 Å². The predicted octanol–water partition coefficient (Wildman–Crippen LogP) is 3.85. The largest absolute Gasteiger partial charge is 0.490 e. The molecule has 2 aromatic rings. The van der Waals surface area contributed by atoms with Crippen LogP contribution in [0.1, 0.15) is 12.0 Å². The average Bonchev–Trinajstić information content (AvgIpc) is 2.89. The van der Waals surface area contributed by atoms with Crippen molar-refractivity contribution in [2.75, 3.05) is 19.0 Å². The van der Waals surface area contributed by atoms with Crippen LogP contribution in [0.15, 0.2) is 46.5 Å². The number of ether oxygens (including phenoxy) is 2. The number of benzene rings is 2. The third kappa shape index (κ3) is 3.65. The molecule has 0 saturated heterocycles. The molecule has 2 aliphatic heterocycles. The first-order valence-electron chi connectivity index (χ1n) is 8.08. The number of aliphatic imine (C=N–C) groups is 1. The number of amidine groups is 1. The van der Waals surface area contributed by atoms with E-state index in [2.05, 4.69) is 15.5 Å². The number of thioether (sulfide) groups is 1. The molecule has 2 aromatic carbocycles. The summed E-state index contributed by atoms with van der Waals surface area (Å²) in [7, 11) is 0. The van der Waals surface area contributed by atoms with Crippen molar-refractivity contribution in [2.45, 2.75) is 6.42 Å². The van der Waals surface area contributed by atoms with E-state index in [4.69, 9.17) is 9.47 Å². The second-order valence-electron chi connectivity index (χ2n) is 5.68. The lowest BCUT2D eigenvalue weighted by atomic mass is 10.1. The van der Waals surface area contributed by atoms with E-state index in [0.29, 0.717) is 29.9 Å². The Balaban J connectivity index is 1.52. The first-order valence-corrected chi connectivity index (χ1v) is 9.07. The maximum absolute atomic E-state index is 13.7. The summed E-state index contributed by atoms with van der Waals surface area (Å²) in [6.07, 6.45) is 0.849. The molecule has 0 amide bonds. The van der Waals surface area contributed by atoms with Gasteiger partial charge in [-0.3, -0.25) is 5.43 Å². The molecule has 134 valence electrons. The van der Waals surface area contributed by atoms with Gasteiger partial charge in [-0.15, -0.1) is 0 Å². The average molecular weight is 375 g/mol. The summed E-state index contributed by atoms with van der Waals surface area (Å²) in [5.74, 6) is 0.662. The van der Waals surface area contributed by atoms with Gasteiger partial charge in [-0.2, -0.15) is 5.10 Å². The topological polar surface area (TPSA) is 55.2 Å². The van der Waals surface area contributed by atoms with Gasteiger partial charge in [0, 0.05) is 23.8 Å². The van der Waals surface area contributed by atoms with Crippen molar-refractivity contribution in [3.63, 3.8) is 0 Å². The van der Waals surface area contributed by atoms with Gasteiger partial charge in [-0.05, 0) is 30.3 Å². The molecule has 0 radical (unpaired) electrons. The van der Waals surface area contributed by atoms with Crippen LogP contribution in [0, 0.1) is 11.6 Å². The number of rotatable bonds is 2. The van der Waals surface area contributed by atoms with Crippen molar-refractivity contribution in [3.05, 3.63) is 53.6 Å². The normalized spacial score (nSPS) is 18.1. The molecule has 5 nitrogen and oxygen atoms in total. The van der Waals surface area contributed by atoms with Crippen LogP contribution in [0.4, 0.5) is 14.5 Å². The van der Waals surface area contributed by atoms with Gasteiger partial charge in [0.15, 0.2) is 22.5 Å². The van der Waals surface area contributed by atoms with Crippen LogP contribution in [0.5, 0.6) is 11.5 Å². The molecule has 0 saturated carbocycles. The number of halogens is 2. The van der Waals surface area contributed by atoms with E-state index in [-0.39, 0.29) is 5.69 Å². The molecule has 0 spiro atoms. The second kappa shape index (κ2) is 7.33. The standard InChI is InChI=1S/C18H15F2N3O2S/c19-12-3-4-14(13(20)9-12)21-18-23-22-15(10-26-18)11-2-5-16-17(8-11)25-7-1-6-24-16/h2-5,8-9H,1,6-7,10H2,(H,21,23). The summed E-state index contributed by atoms with van der Waals surface area (Å²) >= 11 is 1.39. The molecule has 2 aliphatic rings. The molecular weight excluding hydrogens is 360 g/mol. The molecule has 0 atom stereocenters. The van der Waals surface area contributed by atoms with Crippen molar-refractivity contribution in [3.8, 4) is 11.5 Å². The summed E-state index contributed by atoms with van der Waals surface area (Å²) in [5, 5.41) is 4.77. The van der Waals surface area contributed by atoms with Gasteiger partial charge in [0.2, 0.25) is 0 Å². The van der Waals surface area contributed by atoms with Gasteiger partial charge in [0.25, 0.3) is 0 Å². The summed E-state index contributed by atoms with van der Waals surface area (Å²) in [6.45, 7) is 1.26. The molecule has 0 bridgehead atoms. The van der Waals surface area contributed by atoms with Crippen LogP contribution in [0.2, 0.25) is 0 Å². The third-order valence-electron chi connectivity index (χ3n) is 3.84. The molecule has 8 heteroatoms. The Labute approximate surface area is 153 Å². The Morgan fingerprint density at radius 2 is 1.88 bits per heavy atom. The second-order valence-corrected chi connectivity index (χ2v) is 6.65. The zero-order chi connectivity index (χ0) is 17.9. The number of hydrogen-bond acceptors (Lipinski definition) is 5. The number of hydrogen-bond donors (Lipinski definition) is 1. The van der Waals surface area contributed by atoms with E-state index in [1.54, 1.807) is 0 Å². The maximum Gasteiger partial charge on any atom is 0.182 e. The number of nitrogens with zero attached hydrogens (tertiary/aromatic N) is 2. The minimum absolute atomic E-state index is 0.0654. The minimum atomic E-state index is -0.711. The monoisotopic (exact) mass is 375 g/mol. The first-order chi connectivity index (χ1) is 12.7. The SMILES string of the molecule is Fc1ccc(N=C2NN=C(c3ccc4c(c3)OCCCO4)CS2)c(F)c1. The lowest BCUT2D eigenvalue weighted by molar-refractivity contribution is 0.297. The highest BCUT2D eigenvalue weighted by Gasteiger charge is 2.17. The fourth-order valence-electron chi connectivity index (χ4n) is 2.55. The lowest BCUT2D eigenvalue weighted by Crippen LogP contribution is -2.25. The van der Waals surface area contributed by atoms with Gasteiger partial charge in [-0.25, -0.2) is 13.8 Å². The first kappa shape index (κ1) is 16.8. The van der Waals surface area contributed by atoms with E-state index in [0.717, 1.165) is 29.5 Å². The predicted molar refractivity (Wildman–Crippen MR) is 97.6 cm³/mol. The molecule has 26 heavy (non-hydrogen) atoms. The Morgan fingerprint density at radius 3 is 2.65 bits per heavy atom. The molecule has 0 fully saturated rings. The molecule has 0 aromatic heterocycles. The maximum atomic E-state index is 13.7. The van der Waals surface area contributed by atoms with E-state index < -0.39 is 11.6 Å². The van der Waals surface area contributed by atoms with Crippen molar-refractivity contribution >= 4 is 28.3 Å². The highest BCUT2D eigenvalue weighted by molar-refractivity contribution is 8.14. The van der Waals surface area contributed by atoms with Crippen molar-refractivity contribution in [1.82, 2.24) is 5.43 Å². The Kier molecular flexibility index (Phi) is 4.75. The quantitative estimate of drug-likeness (QED) is 0.866. The molecule has 1 N–H and O–H groups in total. The van der Waals surface area contributed by atoms with Crippen LogP contribution in [-0.2, 0) is 0 Å². The Morgan fingerprint density at radius 1 is 1.04 bits per heavy atom. The van der Waals surface area contributed by atoms with Crippen LogP contribution >= 0.6 is 11.8 Å². The Bertz CT molecular complexity index is 902. The smallest absolute Gasteiger partial charge is 0.182 e. The van der Waals surface area contributed by atoms with Gasteiger partial charge < -0.3 is 9.47 Å². The van der Waals surface area contributed by atoms with E-state index in [1.807, 2.05) is 18.2 Å². The van der Waals surface area contributed by atoms with E-state index >= 15 is 0 Å². The summed E-state index contributed by atoms with van der Waals surface area (Å²) < 4.78 is 38.0. The molecule has 4 rings (SSSR count). The van der Waals surface area contributed by atoms with Gasteiger partial charge in [-0.1, -0.05) is 11.8 Å².